The van der Waals surface area contributed by atoms with Crippen LogP contribution >= 0.6 is 11.8 Å². The molecule has 2 amide bonds. The summed E-state index contributed by atoms with van der Waals surface area (Å²) in [5.74, 6) is -0.311. The minimum absolute atomic E-state index is 0.103. The first-order valence-corrected chi connectivity index (χ1v) is 10.2. The van der Waals surface area contributed by atoms with Crippen LogP contribution in [0.5, 0.6) is 0 Å². The van der Waals surface area contributed by atoms with Crippen LogP contribution in [-0.4, -0.2) is 31.1 Å². The first kappa shape index (κ1) is 18.8. The summed E-state index contributed by atoms with van der Waals surface area (Å²) in [4.78, 5) is 26.5. The van der Waals surface area contributed by atoms with Gasteiger partial charge >= 0.3 is 0 Å². The summed E-state index contributed by atoms with van der Waals surface area (Å²) in [6.07, 6.45) is 4.01. The SMILES string of the molecule is Cc1cccc(/C=C2/Sc3ccc(C(=O)NC[C@@H]4CCCO4)cc3NC2=O)c1. The van der Waals surface area contributed by atoms with Crippen molar-refractivity contribution < 1.29 is 14.3 Å². The van der Waals surface area contributed by atoms with E-state index in [0.29, 0.717) is 22.7 Å². The van der Waals surface area contributed by atoms with Gasteiger partial charge in [0, 0.05) is 23.6 Å². The molecule has 1 fully saturated rings. The first-order chi connectivity index (χ1) is 13.6. The van der Waals surface area contributed by atoms with Gasteiger partial charge in [-0.2, -0.15) is 0 Å². The highest BCUT2D eigenvalue weighted by atomic mass is 32.2. The molecule has 1 atom stereocenters. The second kappa shape index (κ2) is 8.20. The van der Waals surface area contributed by atoms with Crippen LogP contribution in [0.4, 0.5) is 5.69 Å². The van der Waals surface area contributed by atoms with Gasteiger partial charge in [-0.15, -0.1) is 0 Å². The summed E-state index contributed by atoms with van der Waals surface area (Å²) in [6, 6.07) is 13.4. The maximum atomic E-state index is 12.5. The molecule has 5 nitrogen and oxygen atoms in total. The normalized spacial score (nSPS) is 20.0. The second-order valence-electron chi connectivity index (χ2n) is 7.03. The summed E-state index contributed by atoms with van der Waals surface area (Å²) < 4.78 is 5.53. The first-order valence-electron chi connectivity index (χ1n) is 9.40. The lowest BCUT2D eigenvalue weighted by molar-refractivity contribution is -0.112. The summed E-state index contributed by atoms with van der Waals surface area (Å²) in [6.45, 7) is 3.30. The Kier molecular flexibility index (Phi) is 5.50. The van der Waals surface area contributed by atoms with Gasteiger partial charge in [-0.25, -0.2) is 0 Å². The molecule has 0 spiro atoms. The molecule has 2 aliphatic heterocycles. The number of fused-ring (bicyclic) bond motifs is 1. The molecule has 0 bridgehead atoms. The van der Waals surface area contributed by atoms with Crippen LogP contribution in [0.3, 0.4) is 0 Å². The van der Waals surface area contributed by atoms with Crippen LogP contribution in [-0.2, 0) is 9.53 Å². The molecule has 28 heavy (non-hydrogen) atoms. The largest absolute Gasteiger partial charge is 0.376 e. The molecule has 2 aliphatic rings. The Labute approximate surface area is 168 Å². The fraction of sp³-hybridized carbons (Fsp3) is 0.273. The van der Waals surface area contributed by atoms with Crippen molar-refractivity contribution in [3.63, 3.8) is 0 Å². The van der Waals surface area contributed by atoms with E-state index >= 15 is 0 Å². The van der Waals surface area contributed by atoms with E-state index in [-0.39, 0.29) is 17.9 Å². The number of hydrogen-bond acceptors (Lipinski definition) is 4. The molecule has 6 heteroatoms. The van der Waals surface area contributed by atoms with Crippen LogP contribution in [0.2, 0.25) is 0 Å². The van der Waals surface area contributed by atoms with Gasteiger partial charge in [-0.1, -0.05) is 41.6 Å². The fourth-order valence-electron chi connectivity index (χ4n) is 3.33. The molecular weight excluding hydrogens is 372 g/mol. The Morgan fingerprint density at radius 1 is 1.32 bits per heavy atom. The van der Waals surface area contributed by atoms with Crippen LogP contribution in [0.1, 0.15) is 34.3 Å². The lowest BCUT2D eigenvalue weighted by atomic mass is 10.1. The molecule has 4 rings (SSSR count). The molecule has 2 aromatic carbocycles. The molecular formula is C22H22N2O3S. The standard InChI is InChI=1S/C22H22N2O3S/c1-14-4-2-5-15(10-14)11-20-22(26)24-18-12-16(7-8-19(18)28-20)21(25)23-13-17-6-3-9-27-17/h2,4-5,7-8,10-12,17H,3,6,9,13H2,1H3,(H,23,25)(H,24,26)/b20-11+/t17-/m0/s1. The van der Waals surface area contributed by atoms with Crippen molar-refractivity contribution in [2.45, 2.75) is 30.8 Å². The summed E-state index contributed by atoms with van der Waals surface area (Å²) in [5, 5.41) is 5.82. The third-order valence-corrected chi connectivity index (χ3v) is 5.89. The van der Waals surface area contributed by atoms with Crippen LogP contribution in [0.15, 0.2) is 52.3 Å². The molecule has 1 saturated heterocycles. The van der Waals surface area contributed by atoms with E-state index < -0.39 is 0 Å². The molecule has 0 aromatic heterocycles. The van der Waals surface area contributed by atoms with E-state index in [9.17, 15) is 9.59 Å². The van der Waals surface area contributed by atoms with E-state index in [2.05, 4.69) is 10.6 Å². The van der Waals surface area contributed by atoms with Gasteiger partial charge in [0.2, 0.25) is 0 Å². The van der Waals surface area contributed by atoms with E-state index in [1.165, 1.54) is 11.8 Å². The number of anilines is 1. The minimum Gasteiger partial charge on any atom is -0.376 e. The van der Waals surface area contributed by atoms with Gasteiger partial charge < -0.3 is 15.4 Å². The Hall–Kier alpha value is -2.57. The van der Waals surface area contributed by atoms with E-state index in [4.69, 9.17) is 4.74 Å². The number of hydrogen-bond donors (Lipinski definition) is 2. The molecule has 2 aromatic rings. The minimum atomic E-state index is -0.157. The number of rotatable bonds is 4. The average Bonchev–Trinajstić information content (AvgIpc) is 3.20. The number of thioether (sulfide) groups is 1. The Morgan fingerprint density at radius 3 is 3.00 bits per heavy atom. The van der Waals surface area contributed by atoms with Crippen molar-refractivity contribution >= 4 is 35.3 Å². The van der Waals surface area contributed by atoms with E-state index in [1.807, 2.05) is 43.3 Å². The molecule has 144 valence electrons. The molecule has 0 aliphatic carbocycles. The van der Waals surface area contributed by atoms with Crippen molar-refractivity contribution in [3.8, 4) is 0 Å². The van der Waals surface area contributed by atoms with Crippen molar-refractivity contribution in [1.29, 1.82) is 0 Å². The van der Waals surface area contributed by atoms with Gasteiger partial charge in [0.1, 0.15) is 0 Å². The highest BCUT2D eigenvalue weighted by Gasteiger charge is 2.23. The Bertz CT molecular complexity index is 949. The zero-order chi connectivity index (χ0) is 19.5. The number of ether oxygens (including phenoxy) is 1. The maximum Gasteiger partial charge on any atom is 0.262 e. The summed E-state index contributed by atoms with van der Waals surface area (Å²) in [5.41, 5.74) is 3.34. The van der Waals surface area contributed by atoms with Gasteiger partial charge in [0.25, 0.3) is 11.8 Å². The average molecular weight is 394 g/mol. The number of amides is 2. The van der Waals surface area contributed by atoms with Crippen LogP contribution in [0, 0.1) is 6.92 Å². The van der Waals surface area contributed by atoms with Crippen LogP contribution < -0.4 is 10.6 Å². The molecule has 0 radical (unpaired) electrons. The predicted molar refractivity (Wildman–Crippen MR) is 111 cm³/mol. The fourth-order valence-corrected chi connectivity index (χ4v) is 4.26. The van der Waals surface area contributed by atoms with Gasteiger partial charge in [0.15, 0.2) is 0 Å². The van der Waals surface area contributed by atoms with Crippen molar-refractivity contribution in [1.82, 2.24) is 5.32 Å². The lowest BCUT2D eigenvalue weighted by Crippen LogP contribution is -2.31. The van der Waals surface area contributed by atoms with Crippen molar-refractivity contribution in [2.75, 3.05) is 18.5 Å². The second-order valence-corrected chi connectivity index (χ2v) is 8.12. The predicted octanol–water partition coefficient (Wildman–Crippen LogP) is 3.99. The summed E-state index contributed by atoms with van der Waals surface area (Å²) in [7, 11) is 0. The highest BCUT2D eigenvalue weighted by molar-refractivity contribution is 8.04. The Morgan fingerprint density at radius 2 is 2.21 bits per heavy atom. The number of carbonyl (C=O) groups is 2. The van der Waals surface area contributed by atoms with Gasteiger partial charge in [-0.05, 0) is 49.6 Å². The van der Waals surface area contributed by atoms with Gasteiger partial charge in [-0.3, -0.25) is 9.59 Å². The zero-order valence-electron chi connectivity index (χ0n) is 15.7. The monoisotopic (exact) mass is 394 g/mol. The molecule has 2 N–H and O–H groups in total. The van der Waals surface area contributed by atoms with Crippen LogP contribution in [0.25, 0.3) is 6.08 Å². The zero-order valence-corrected chi connectivity index (χ0v) is 16.5. The quantitative estimate of drug-likeness (QED) is 0.770. The lowest BCUT2D eigenvalue weighted by Gasteiger charge is -2.19. The number of aryl methyl sites for hydroxylation is 1. The number of carbonyl (C=O) groups excluding carboxylic acids is 2. The van der Waals surface area contributed by atoms with E-state index in [0.717, 1.165) is 35.5 Å². The van der Waals surface area contributed by atoms with Crippen molar-refractivity contribution in [3.05, 3.63) is 64.1 Å². The number of benzene rings is 2. The molecule has 0 unspecified atom stereocenters. The maximum absolute atomic E-state index is 12.5. The third-order valence-electron chi connectivity index (χ3n) is 4.79. The van der Waals surface area contributed by atoms with E-state index in [1.54, 1.807) is 12.1 Å². The Balaban J connectivity index is 1.48. The molecule has 0 saturated carbocycles. The topological polar surface area (TPSA) is 67.4 Å². The third kappa shape index (κ3) is 4.29. The number of nitrogens with one attached hydrogen (secondary N) is 2. The highest BCUT2D eigenvalue weighted by Crippen LogP contribution is 2.39. The smallest absolute Gasteiger partial charge is 0.262 e. The van der Waals surface area contributed by atoms with Gasteiger partial charge in [0.05, 0.1) is 16.7 Å². The van der Waals surface area contributed by atoms with Crippen molar-refractivity contribution in [2.24, 2.45) is 0 Å². The summed E-state index contributed by atoms with van der Waals surface area (Å²) >= 11 is 1.42. The molecule has 2 heterocycles.